The van der Waals surface area contributed by atoms with Crippen molar-refractivity contribution in [3.63, 3.8) is 0 Å². The Balaban J connectivity index is 1.61. The summed E-state index contributed by atoms with van der Waals surface area (Å²) < 4.78 is 11.6. The van der Waals surface area contributed by atoms with Crippen LogP contribution < -0.4 is 4.90 Å². The first-order chi connectivity index (χ1) is 13.8. The van der Waals surface area contributed by atoms with Crippen LogP contribution in [0.4, 0.5) is 5.69 Å². The summed E-state index contributed by atoms with van der Waals surface area (Å²) in [5.74, 6) is 0.0173. The first-order valence-electron chi connectivity index (χ1n) is 10.2. The summed E-state index contributed by atoms with van der Waals surface area (Å²) in [6, 6.07) is 17.9. The topological polar surface area (TPSA) is 42.0 Å². The summed E-state index contributed by atoms with van der Waals surface area (Å²) in [4.78, 5) is 18.0. The Kier molecular flexibility index (Phi) is 5.76. The minimum atomic E-state index is -1.05. The number of carbonyl (C=O) groups is 1. The average molecular weight is 380 g/mol. The van der Waals surface area contributed by atoms with Crippen LogP contribution in [0.1, 0.15) is 24.5 Å². The van der Waals surface area contributed by atoms with Gasteiger partial charge in [-0.3, -0.25) is 9.69 Å². The number of amides is 1. The molecule has 1 fully saturated rings. The van der Waals surface area contributed by atoms with Crippen molar-refractivity contribution in [3.8, 4) is 0 Å². The monoisotopic (exact) mass is 380 g/mol. The lowest BCUT2D eigenvalue weighted by Gasteiger charge is -2.30. The molecule has 1 saturated heterocycles. The van der Waals surface area contributed by atoms with E-state index in [1.54, 1.807) is 0 Å². The number of benzene rings is 2. The molecule has 0 radical (unpaired) electrons. The Bertz CT molecular complexity index is 805. The van der Waals surface area contributed by atoms with Gasteiger partial charge in [-0.2, -0.15) is 0 Å². The van der Waals surface area contributed by atoms with Crippen LogP contribution in [0, 0.1) is 0 Å². The van der Waals surface area contributed by atoms with Gasteiger partial charge in [-0.05, 0) is 25.0 Å². The van der Waals surface area contributed by atoms with E-state index in [9.17, 15) is 4.79 Å². The highest BCUT2D eigenvalue weighted by molar-refractivity contribution is 6.09. The van der Waals surface area contributed by atoms with Gasteiger partial charge in [0.05, 0.1) is 18.9 Å². The van der Waals surface area contributed by atoms with Gasteiger partial charge in [-0.1, -0.05) is 48.5 Å². The molecular formula is C23H28N2O3. The smallest absolute Gasteiger partial charge is 0.268 e. The van der Waals surface area contributed by atoms with E-state index >= 15 is 0 Å². The van der Waals surface area contributed by atoms with Crippen molar-refractivity contribution < 1.29 is 14.3 Å². The molecule has 0 bridgehead atoms. The van der Waals surface area contributed by atoms with Gasteiger partial charge in [-0.15, -0.1) is 0 Å². The van der Waals surface area contributed by atoms with Crippen molar-refractivity contribution >= 4 is 11.6 Å². The van der Waals surface area contributed by atoms with Crippen LogP contribution in [0.5, 0.6) is 0 Å². The molecule has 1 amide bonds. The van der Waals surface area contributed by atoms with Gasteiger partial charge < -0.3 is 14.4 Å². The van der Waals surface area contributed by atoms with E-state index in [1.165, 1.54) is 0 Å². The molecule has 0 aromatic heterocycles. The predicted octanol–water partition coefficient (Wildman–Crippen LogP) is 3.04. The molecule has 0 spiro atoms. The Morgan fingerprint density at radius 3 is 2.46 bits per heavy atom. The standard InChI is InChI=1S/C23H28N2O3/c1-2-28-23(19-9-4-3-5-10-19)20-11-6-7-12-21(20)25(22(23)26)14-8-13-24-15-17-27-18-16-24/h3-7,9-12H,2,8,13-18H2,1H3. The fourth-order valence-corrected chi connectivity index (χ4v) is 4.31. The average Bonchev–Trinajstić information content (AvgIpc) is 2.99. The fourth-order valence-electron chi connectivity index (χ4n) is 4.31. The lowest BCUT2D eigenvalue weighted by atomic mass is 9.87. The van der Waals surface area contributed by atoms with Gasteiger partial charge in [0.2, 0.25) is 0 Å². The van der Waals surface area contributed by atoms with Crippen LogP contribution in [0.25, 0.3) is 0 Å². The number of rotatable bonds is 7. The zero-order valence-corrected chi connectivity index (χ0v) is 16.5. The minimum absolute atomic E-state index is 0.0173. The van der Waals surface area contributed by atoms with Crippen LogP contribution >= 0.6 is 0 Å². The fraction of sp³-hybridized carbons (Fsp3) is 0.435. The maximum absolute atomic E-state index is 13.7. The molecule has 1 atom stereocenters. The molecule has 4 rings (SSSR count). The predicted molar refractivity (Wildman–Crippen MR) is 110 cm³/mol. The summed E-state index contributed by atoms with van der Waals surface area (Å²) in [6.07, 6.45) is 0.928. The van der Waals surface area contributed by atoms with Crippen LogP contribution in [0.3, 0.4) is 0 Å². The molecule has 2 heterocycles. The normalized spacial score (nSPS) is 22.5. The molecule has 2 aromatic carbocycles. The van der Waals surface area contributed by atoms with Crippen molar-refractivity contribution in [3.05, 3.63) is 65.7 Å². The van der Waals surface area contributed by atoms with Crippen LogP contribution in [-0.4, -0.2) is 56.8 Å². The van der Waals surface area contributed by atoms with Gasteiger partial charge in [0.15, 0.2) is 5.60 Å². The second-order valence-corrected chi connectivity index (χ2v) is 7.26. The van der Waals surface area contributed by atoms with Crippen molar-refractivity contribution in [2.45, 2.75) is 18.9 Å². The molecule has 148 valence electrons. The SMILES string of the molecule is CCOC1(c2ccccc2)C(=O)N(CCCN2CCOCC2)c2ccccc21. The van der Waals surface area contributed by atoms with Crippen molar-refractivity contribution in [2.75, 3.05) is 50.9 Å². The molecule has 0 N–H and O–H groups in total. The van der Waals surface area contributed by atoms with Crippen LogP contribution in [-0.2, 0) is 19.9 Å². The maximum Gasteiger partial charge on any atom is 0.268 e. The maximum atomic E-state index is 13.7. The Morgan fingerprint density at radius 1 is 1.00 bits per heavy atom. The third-order valence-corrected chi connectivity index (χ3v) is 5.62. The molecule has 2 aromatic rings. The number of carbonyl (C=O) groups excluding carboxylic acids is 1. The first-order valence-corrected chi connectivity index (χ1v) is 10.2. The number of para-hydroxylation sites is 1. The molecule has 0 saturated carbocycles. The highest BCUT2D eigenvalue weighted by Gasteiger charge is 2.52. The van der Waals surface area contributed by atoms with Crippen molar-refractivity contribution in [1.82, 2.24) is 4.90 Å². The van der Waals surface area contributed by atoms with E-state index in [-0.39, 0.29) is 5.91 Å². The lowest BCUT2D eigenvalue weighted by Crippen LogP contribution is -2.44. The van der Waals surface area contributed by atoms with E-state index < -0.39 is 5.60 Å². The van der Waals surface area contributed by atoms with E-state index in [2.05, 4.69) is 4.90 Å². The summed E-state index contributed by atoms with van der Waals surface area (Å²) in [5.41, 5.74) is 1.75. The lowest BCUT2D eigenvalue weighted by molar-refractivity contribution is -0.137. The summed E-state index contributed by atoms with van der Waals surface area (Å²) >= 11 is 0. The molecule has 1 unspecified atom stereocenters. The second-order valence-electron chi connectivity index (χ2n) is 7.26. The van der Waals surface area contributed by atoms with Gasteiger partial charge >= 0.3 is 0 Å². The second kappa shape index (κ2) is 8.43. The van der Waals surface area contributed by atoms with E-state index in [4.69, 9.17) is 9.47 Å². The largest absolute Gasteiger partial charge is 0.379 e. The third-order valence-electron chi connectivity index (χ3n) is 5.62. The molecule has 5 heteroatoms. The molecule has 0 aliphatic carbocycles. The van der Waals surface area contributed by atoms with Gasteiger partial charge in [-0.25, -0.2) is 0 Å². The minimum Gasteiger partial charge on any atom is -0.379 e. The summed E-state index contributed by atoms with van der Waals surface area (Å²) in [6.45, 7) is 7.62. The van der Waals surface area contributed by atoms with Gasteiger partial charge in [0.25, 0.3) is 5.91 Å². The van der Waals surface area contributed by atoms with E-state index in [0.717, 1.165) is 56.1 Å². The summed E-state index contributed by atoms with van der Waals surface area (Å²) in [7, 11) is 0. The number of ether oxygens (including phenoxy) is 2. The van der Waals surface area contributed by atoms with Gasteiger partial charge in [0.1, 0.15) is 0 Å². The van der Waals surface area contributed by atoms with E-state index in [1.807, 2.05) is 66.4 Å². The summed E-state index contributed by atoms with van der Waals surface area (Å²) in [5, 5.41) is 0. The first kappa shape index (κ1) is 19.1. The number of hydrogen-bond acceptors (Lipinski definition) is 4. The number of hydrogen-bond donors (Lipinski definition) is 0. The molecule has 2 aliphatic rings. The zero-order chi connectivity index (χ0) is 19.4. The number of anilines is 1. The Morgan fingerprint density at radius 2 is 1.71 bits per heavy atom. The number of fused-ring (bicyclic) bond motifs is 1. The Hall–Kier alpha value is -2.21. The highest BCUT2D eigenvalue weighted by Crippen LogP contribution is 2.46. The quantitative estimate of drug-likeness (QED) is 0.740. The third kappa shape index (κ3) is 3.34. The highest BCUT2D eigenvalue weighted by atomic mass is 16.5. The number of morpholine rings is 1. The zero-order valence-electron chi connectivity index (χ0n) is 16.5. The van der Waals surface area contributed by atoms with Crippen LogP contribution in [0.2, 0.25) is 0 Å². The van der Waals surface area contributed by atoms with E-state index in [0.29, 0.717) is 13.2 Å². The number of nitrogens with zero attached hydrogens (tertiary/aromatic N) is 2. The Labute approximate surface area is 166 Å². The van der Waals surface area contributed by atoms with Crippen molar-refractivity contribution in [2.24, 2.45) is 0 Å². The molecule has 5 nitrogen and oxygen atoms in total. The molecule has 28 heavy (non-hydrogen) atoms. The molecular weight excluding hydrogens is 352 g/mol. The van der Waals surface area contributed by atoms with Crippen LogP contribution in [0.15, 0.2) is 54.6 Å². The van der Waals surface area contributed by atoms with Crippen molar-refractivity contribution in [1.29, 1.82) is 0 Å². The van der Waals surface area contributed by atoms with Gasteiger partial charge in [0, 0.05) is 38.3 Å². The molecule has 2 aliphatic heterocycles.